The van der Waals surface area contributed by atoms with E-state index in [1.807, 2.05) is 49.1 Å². The number of nitrogens with zero attached hydrogens (tertiary/aromatic N) is 2. The number of piperazine rings is 1. The number of anilines is 2. The Balaban J connectivity index is 1.32. The quantitative estimate of drug-likeness (QED) is 0.436. The molecule has 182 valence electrons. The summed E-state index contributed by atoms with van der Waals surface area (Å²) in [5.41, 5.74) is 4.30. The molecule has 5 nitrogen and oxygen atoms in total. The Labute approximate surface area is 215 Å². The van der Waals surface area contributed by atoms with Crippen molar-refractivity contribution in [3.8, 4) is 5.75 Å². The number of rotatable bonds is 6. The van der Waals surface area contributed by atoms with Crippen LogP contribution in [0.25, 0.3) is 0 Å². The second kappa shape index (κ2) is 11.1. The molecule has 1 fully saturated rings. The van der Waals surface area contributed by atoms with E-state index in [4.69, 9.17) is 28.6 Å². The molecule has 3 aromatic carbocycles. The van der Waals surface area contributed by atoms with Crippen molar-refractivity contribution in [2.75, 3.05) is 43.0 Å². The van der Waals surface area contributed by atoms with Crippen LogP contribution in [0.5, 0.6) is 5.75 Å². The number of hydrogen-bond donors (Lipinski definition) is 1. The summed E-state index contributed by atoms with van der Waals surface area (Å²) in [5, 5.41) is 3.24. The van der Waals surface area contributed by atoms with Gasteiger partial charge in [0.25, 0.3) is 5.91 Å². The van der Waals surface area contributed by atoms with E-state index in [1.165, 1.54) is 6.07 Å². The molecule has 1 saturated heterocycles. The zero-order chi connectivity index (χ0) is 24.9. The molecule has 0 radical (unpaired) electrons. The number of nitrogens with one attached hydrogen (secondary N) is 1. The zero-order valence-corrected chi connectivity index (χ0v) is 21.3. The summed E-state index contributed by atoms with van der Waals surface area (Å²) in [4.78, 5) is 17.1. The van der Waals surface area contributed by atoms with Crippen LogP contribution in [0.15, 0.2) is 60.7 Å². The highest BCUT2D eigenvalue weighted by molar-refractivity contribution is 7.80. The number of hydrogen-bond acceptors (Lipinski definition) is 4. The molecule has 0 spiro atoms. The molecule has 0 unspecified atom stereocenters. The Hall–Kier alpha value is -3.16. The summed E-state index contributed by atoms with van der Waals surface area (Å²) in [6, 6.07) is 18.0. The summed E-state index contributed by atoms with van der Waals surface area (Å²) in [7, 11) is 0. The summed E-state index contributed by atoms with van der Waals surface area (Å²) in [6.45, 7) is 6.50. The van der Waals surface area contributed by atoms with Crippen LogP contribution in [0.1, 0.15) is 16.7 Å². The van der Waals surface area contributed by atoms with Gasteiger partial charge in [-0.25, -0.2) is 4.39 Å². The predicted octanol–water partition coefficient (Wildman–Crippen LogP) is 5.61. The van der Waals surface area contributed by atoms with Gasteiger partial charge in [-0.1, -0.05) is 53.6 Å². The van der Waals surface area contributed by atoms with Gasteiger partial charge >= 0.3 is 0 Å². The van der Waals surface area contributed by atoms with Gasteiger partial charge in [-0.15, -0.1) is 0 Å². The van der Waals surface area contributed by atoms with Crippen LogP contribution in [-0.4, -0.2) is 48.6 Å². The van der Waals surface area contributed by atoms with Crippen molar-refractivity contribution in [3.63, 3.8) is 0 Å². The normalized spacial score (nSPS) is 13.5. The highest BCUT2D eigenvalue weighted by Gasteiger charge is 2.22. The maximum absolute atomic E-state index is 14.1. The van der Waals surface area contributed by atoms with Crippen LogP contribution in [0.3, 0.4) is 0 Å². The van der Waals surface area contributed by atoms with Gasteiger partial charge < -0.3 is 19.9 Å². The molecule has 35 heavy (non-hydrogen) atoms. The summed E-state index contributed by atoms with van der Waals surface area (Å²) in [6.07, 6.45) is 0. The van der Waals surface area contributed by atoms with Crippen molar-refractivity contribution < 1.29 is 13.9 Å². The summed E-state index contributed by atoms with van der Waals surface area (Å²) in [5.74, 6) is -0.0627. The second-order valence-electron chi connectivity index (χ2n) is 8.53. The van der Waals surface area contributed by atoms with Crippen molar-refractivity contribution in [2.24, 2.45) is 0 Å². The van der Waals surface area contributed by atoms with Crippen LogP contribution < -0.4 is 15.0 Å². The Morgan fingerprint density at radius 1 is 1.06 bits per heavy atom. The third-order valence-electron chi connectivity index (χ3n) is 5.95. The summed E-state index contributed by atoms with van der Waals surface area (Å²) >= 11 is 12.1. The van der Waals surface area contributed by atoms with Crippen LogP contribution >= 0.6 is 23.8 Å². The number of para-hydroxylation sites is 1. The number of ether oxygens (including phenoxy) is 1. The molecule has 1 N–H and O–H groups in total. The first kappa shape index (κ1) is 24.9. The highest BCUT2D eigenvalue weighted by atomic mass is 35.5. The van der Waals surface area contributed by atoms with Gasteiger partial charge in [0.1, 0.15) is 16.6 Å². The minimum atomic E-state index is -0.264. The maximum Gasteiger partial charge on any atom is 0.262 e. The number of carbonyl (C=O) groups is 1. The number of halogens is 2. The molecule has 1 amide bonds. The van der Waals surface area contributed by atoms with E-state index >= 15 is 0 Å². The predicted molar refractivity (Wildman–Crippen MR) is 143 cm³/mol. The fourth-order valence-corrected chi connectivity index (χ4v) is 4.62. The SMILES string of the molecule is Cc1ccc(NC(=O)COc2ccc(C(=S)N3CCN(c4ccccc4F)CC3)cc2Cl)c(C)c1. The van der Waals surface area contributed by atoms with E-state index in [9.17, 15) is 9.18 Å². The molecule has 0 saturated carbocycles. The average molecular weight is 512 g/mol. The molecule has 8 heteroatoms. The van der Waals surface area contributed by atoms with Crippen molar-refractivity contribution in [2.45, 2.75) is 13.8 Å². The number of aryl methyl sites for hydroxylation is 2. The lowest BCUT2D eigenvalue weighted by Gasteiger charge is -2.37. The lowest BCUT2D eigenvalue weighted by molar-refractivity contribution is -0.118. The standard InChI is InChI=1S/C27H27ClFN3O2S/c1-18-7-9-23(19(2)15-18)30-26(33)17-34-25-10-8-20(16-21(25)28)27(35)32-13-11-31(12-14-32)24-6-4-3-5-22(24)29/h3-10,15-16H,11-14,17H2,1-2H3,(H,30,33). The Kier molecular flexibility index (Phi) is 7.88. The molecule has 3 aromatic rings. The van der Waals surface area contributed by atoms with Gasteiger partial charge in [0.05, 0.1) is 10.7 Å². The topological polar surface area (TPSA) is 44.8 Å². The molecular formula is C27H27ClFN3O2S. The van der Waals surface area contributed by atoms with E-state index in [0.29, 0.717) is 47.6 Å². The third-order valence-corrected chi connectivity index (χ3v) is 6.74. The molecule has 0 bridgehead atoms. The van der Waals surface area contributed by atoms with Crippen molar-refractivity contribution in [3.05, 3.63) is 88.2 Å². The second-order valence-corrected chi connectivity index (χ2v) is 9.32. The first-order chi connectivity index (χ1) is 16.8. The van der Waals surface area contributed by atoms with Crippen LogP contribution in [0.4, 0.5) is 15.8 Å². The Bertz CT molecular complexity index is 1240. The molecule has 0 aromatic heterocycles. The number of carbonyl (C=O) groups excluding carboxylic acids is 1. The Morgan fingerprint density at radius 3 is 2.49 bits per heavy atom. The fourth-order valence-electron chi connectivity index (χ4n) is 4.08. The van der Waals surface area contributed by atoms with E-state index in [-0.39, 0.29) is 18.3 Å². The van der Waals surface area contributed by atoms with Gasteiger partial charge in [0, 0.05) is 37.4 Å². The maximum atomic E-state index is 14.1. The smallest absolute Gasteiger partial charge is 0.262 e. The number of thiocarbonyl (C=S) groups is 1. The molecule has 0 aliphatic carbocycles. The van der Waals surface area contributed by atoms with Crippen molar-refractivity contribution >= 4 is 46.1 Å². The van der Waals surface area contributed by atoms with E-state index in [1.54, 1.807) is 24.3 Å². The van der Waals surface area contributed by atoms with Crippen molar-refractivity contribution in [1.82, 2.24) is 4.90 Å². The first-order valence-electron chi connectivity index (χ1n) is 11.4. The zero-order valence-electron chi connectivity index (χ0n) is 19.7. The van der Waals surface area contributed by atoms with E-state index in [2.05, 4.69) is 10.2 Å². The third kappa shape index (κ3) is 6.10. The van der Waals surface area contributed by atoms with Gasteiger partial charge in [-0.3, -0.25) is 4.79 Å². The monoisotopic (exact) mass is 511 g/mol. The van der Waals surface area contributed by atoms with Gasteiger partial charge in [0.15, 0.2) is 6.61 Å². The van der Waals surface area contributed by atoms with E-state index < -0.39 is 0 Å². The van der Waals surface area contributed by atoms with Crippen LogP contribution in [0.2, 0.25) is 5.02 Å². The first-order valence-corrected chi connectivity index (χ1v) is 12.2. The molecule has 1 aliphatic rings. The lowest BCUT2D eigenvalue weighted by Crippen LogP contribution is -2.48. The molecule has 4 rings (SSSR count). The highest BCUT2D eigenvalue weighted by Crippen LogP contribution is 2.27. The average Bonchev–Trinajstić information content (AvgIpc) is 2.85. The minimum Gasteiger partial charge on any atom is -0.482 e. The molecular weight excluding hydrogens is 485 g/mol. The Morgan fingerprint density at radius 2 is 1.80 bits per heavy atom. The molecule has 0 atom stereocenters. The minimum absolute atomic E-state index is 0.158. The fraction of sp³-hybridized carbons (Fsp3) is 0.259. The lowest BCUT2D eigenvalue weighted by atomic mass is 10.1. The molecule has 1 aliphatic heterocycles. The van der Waals surface area contributed by atoms with Crippen LogP contribution in [0, 0.1) is 19.7 Å². The summed E-state index contributed by atoms with van der Waals surface area (Å²) < 4.78 is 19.7. The van der Waals surface area contributed by atoms with Gasteiger partial charge in [-0.2, -0.15) is 0 Å². The number of benzene rings is 3. The molecule has 1 heterocycles. The van der Waals surface area contributed by atoms with Crippen molar-refractivity contribution in [1.29, 1.82) is 0 Å². The van der Waals surface area contributed by atoms with Gasteiger partial charge in [0.2, 0.25) is 0 Å². The van der Waals surface area contributed by atoms with Gasteiger partial charge in [-0.05, 0) is 55.8 Å². The van der Waals surface area contributed by atoms with Crippen LogP contribution in [-0.2, 0) is 4.79 Å². The van der Waals surface area contributed by atoms with E-state index in [0.717, 1.165) is 22.4 Å². The largest absolute Gasteiger partial charge is 0.482 e. The number of amides is 1.